The minimum Gasteiger partial charge on any atom is -0.496 e. The van der Waals surface area contributed by atoms with E-state index in [1.54, 1.807) is 6.07 Å². The maximum atomic E-state index is 13.8. The molecule has 3 atom stereocenters. The molecule has 1 aromatic carbocycles. The van der Waals surface area contributed by atoms with Crippen LogP contribution in [0.5, 0.6) is 5.75 Å². The molecule has 1 saturated heterocycles. The van der Waals surface area contributed by atoms with E-state index in [-0.39, 0.29) is 17.8 Å². The topological polar surface area (TPSA) is 64.2 Å². The minimum absolute atomic E-state index is 0.147. The molecule has 0 aliphatic carbocycles. The van der Waals surface area contributed by atoms with Gasteiger partial charge in [-0.25, -0.2) is 4.39 Å². The number of alkyl halides is 3. The Balaban J connectivity index is 1.86. The number of pyridine rings is 2. The zero-order valence-corrected chi connectivity index (χ0v) is 16.8. The third kappa shape index (κ3) is 3.78. The lowest BCUT2D eigenvalue weighted by Crippen LogP contribution is -2.50. The zero-order valence-electron chi connectivity index (χ0n) is 16.8. The van der Waals surface area contributed by atoms with Crippen LogP contribution < -0.4 is 10.2 Å². The molecule has 0 unspecified atom stereocenters. The second-order valence-electron chi connectivity index (χ2n) is 7.85. The van der Waals surface area contributed by atoms with E-state index >= 15 is 0 Å². The maximum absolute atomic E-state index is 13.8. The Morgan fingerprint density at radius 2 is 2.00 bits per heavy atom. The second kappa shape index (κ2) is 7.64. The summed E-state index contributed by atoms with van der Waals surface area (Å²) in [6.45, 7) is 0.717. The van der Waals surface area contributed by atoms with Crippen LogP contribution in [0.3, 0.4) is 0 Å². The van der Waals surface area contributed by atoms with Gasteiger partial charge in [-0.1, -0.05) is 6.07 Å². The first-order valence-electron chi connectivity index (χ1n) is 9.64. The Labute approximate surface area is 175 Å². The largest absolute Gasteiger partial charge is 0.496 e. The predicted molar refractivity (Wildman–Crippen MR) is 106 cm³/mol. The molecule has 1 aliphatic heterocycles. The molecular weight excluding hydrogens is 416 g/mol. The van der Waals surface area contributed by atoms with E-state index in [0.717, 1.165) is 13.0 Å². The Hall–Kier alpha value is -2.94. The van der Waals surface area contributed by atoms with Crippen LogP contribution in [-0.4, -0.2) is 35.5 Å². The Kier molecular flexibility index (Phi) is 5.25. The first-order valence-corrected chi connectivity index (χ1v) is 9.64. The number of benzene rings is 1. The molecule has 4 rings (SSSR count). The Morgan fingerprint density at radius 1 is 1.23 bits per heavy atom. The van der Waals surface area contributed by atoms with E-state index in [4.69, 9.17) is 9.47 Å². The van der Waals surface area contributed by atoms with Crippen LogP contribution in [0.1, 0.15) is 36.4 Å². The highest BCUT2D eigenvalue weighted by Crippen LogP contribution is 2.51. The highest BCUT2D eigenvalue weighted by molar-refractivity contribution is 5.77. The van der Waals surface area contributed by atoms with Gasteiger partial charge in [0.05, 0.1) is 24.6 Å². The molecule has 1 fully saturated rings. The fourth-order valence-electron chi connectivity index (χ4n) is 4.14. The molecule has 2 aromatic heterocycles. The molecular formula is C22H20F4N2O3. The molecule has 3 heterocycles. The summed E-state index contributed by atoms with van der Waals surface area (Å²) in [6, 6.07) is 6.73. The van der Waals surface area contributed by atoms with Crippen molar-refractivity contribution in [3.05, 3.63) is 70.0 Å². The third-order valence-electron chi connectivity index (χ3n) is 5.92. The number of halogens is 4. The second-order valence-corrected chi connectivity index (χ2v) is 7.85. The number of hydrogen-bond acceptors (Lipinski definition) is 4. The van der Waals surface area contributed by atoms with Crippen molar-refractivity contribution >= 4 is 10.9 Å². The number of aromatic amines is 1. The van der Waals surface area contributed by atoms with Gasteiger partial charge in [0.2, 0.25) is 0 Å². The van der Waals surface area contributed by atoms with E-state index in [1.165, 1.54) is 37.7 Å². The lowest BCUT2D eigenvalue weighted by molar-refractivity contribution is -0.286. The molecule has 0 spiro atoms. The van der Waals surface area contributed by atoms with Crippen molar-refractivity contribution in [3.63, 3.8) is 0 Å². The fourth-order valence-corrected chi connectivity index (χ4v) is 4.14. The molecule has 0 amide bonds. The lowest BCUT2D eigenvalue weighted by atomic mass is 9.74. The molecule has 9 heteroatoms. The van der Waals surface area contributed by atoms with Gasteiger partial charge in [0.15, 0.2) is 11.0 Å². The standard InChI is InChI=1S/C22H20F4N2O3/c1-21(22(24,25)26)9-14(13-4-3-12(23)7-20(13)30-2)16(11-31-21)18-8-19(29)15-10-27-6-5-17(15)28-18/h3-8,10,14,16H,9,11H2,1-2H3,(H,28,29)/t14-,16+,21+/m0/s1. The quantitative estimate of drug-likeness (QED) is 0.606. The SMILES string of the molecule is COc1cc(F)ccc1[C@@H]1C[C@](C)(C(F)(F)F)OC[C@H]1c1cc(=O)c2cnccc2[nH]1. The van der Waals surface area contributed by atoms with Gasteiger partial charge in [-0.05, 0) is 31.0 Å². The molecule has 0 saturated carbocycles. The van der Waals surface area contributed by atoms with Gasteiger partial charge < -0.3 is 14.5 Å². The van der Waals surface area contributed by atoms with Crippen LogP contribution in [0, 0.1) is 5.82 Å². The summed E-state index contributed by atoms with van der Waals surface area (Å²) in [4.78, 5) is 19.7. The van der Waals surface area contributed by atoms with E-state index < -0.39 is 35.9 Å². The number of aromatic nitrogens is 2. The minimum atomic E-state index is -4.61. The van der Waals surface area contributed by atoms with Gasteiger partial charge in [-0.3, -0.25) is 9.78 Å². The van der Waals surface area contributed by atoms with Crippen molar-refractivity contribution in [1.82, 2.24) is 9.97 Å². The molecule has 0 radical (unpaired) electrons. The molecule has 31 heavy (non-hydrogen) atoms. The first kappa shape index (κ1) is 21.3. The van der Waals surface area contributed by atoms with Crippen molar-refractivity contribution in [2.45, 2.75) is 37.0 Å². The number of nitrogens with zero attached hydrogens (tertiary/aromatic N) is 1. The van der Waals surface area contributed by atoms with Crippen molar-refractivity contribution in [3.8, 4) is 5.75 Å². The monoisotopic (exact) mass is 436 g/mol. The maximum Gasteiger partial charge on any atom is 0.417 e. The molecule has 164 valence electrons. The zero-order chi connectivity index (χ0) is 22.4. The first-order chi connectivity index (χ1) is 14.6. The number of ether oxygens (including phenoxy) is 2. The normalized spacial score (nSPS) is 24.3. The highest BCUT2D eigenvalue weighted by atomic mass is 19.4. The number of rotatable bonds is 3. The van der Waals surface area contributed by atoms with Crippen molar-refractivity contribution in [1.29, 1.82) is 0 Å². The molecule has 1 N–H and O–H groups in total. The van der Waals surface area contributed by atoms with Crippen LogP contribution in [0.2, 0.25) is 0 Å². The number of hydrogen-bond donors (Lipinski definition) is 1. The summed E-state index contributed by atoms with van der Waals surface area (Å²) in [7, 11) is 1.33. The average Bonchev–Trinajstić information content (AvgIpc) is 2.72. The molecule has 5 nitrogen and oxygen atoms in total. The van der Waals surface area contributed by atoms with Gasteiger partial charge in [0.25, 0.3) is 0 Å². The predicted octanol–water partition coefficient (Wildman–Crippen LogP) is 4.68. The van der Waals surface area contributed by atoms with Crippen LogP contribution in [0.25, 0.3) is 10.9 Å². The van der Waals surface area contributed by atoms with Gasteiger partial charge in [0.1, 0.15) is 11.6 Å². The van der Waals surface area contributed by atoms with E-state index in [0.29, 0.717) is 22.2 Å². The van der Waals surface area contributed by atoms with Crippen LogP contribution in [0.4, 0.5) is 17.6 Å². The van der Waals surface area contributed by atoms with E-state index in [1.807, 2.05) is 0 Å². The van der Waals surface area contributed by atoms with Gasteiger partial charge in [-0.2, -0.15) is 13.2 Å². The van der Waals surface area contributed by atoms with Crippen LogP contribution in [0.15, 0.2) is 47.5 Å². The molecule has 3 aromatic rings. The number of nitrogens with one attached hydrogen (secondary N) is 1. The summed E-state index contributed by atoms with van der Waals surface area (Å²) < 4.78 is 65.7. The number of H-pyrrole nitrogens is 1. The van der Waals surface area contributed by atoms with E-state index in [9.17, 15) is 22.4 Å². The highest BCUT2D eigenvalue weighted by Gasteiger charge is 2.57. The summed E-state index contributed by atoms with van der Waals surface area (Å²) in [5.41, 5.74) is -1.32. The molecule has 0 bridgehead atoms. The summed E-state index contributed by atoms with van der Waals surface area (Å²) in [6.07, 6.45) is -2.08. The Bertz CT molecular complexity index is 1180. The van der Waals surface area contributed by atoms with Gasteiger partial charge >= 0.3 is 6.18 Å². The average molecular weight is 436 g/mol. The number of fused-ring (bicyclic) bond motifs is 1. The van der Waals surface area contributed by atoms with Gasteiger partial charge in [0, 0.05) is 42.1 Å². The third-order valence-corrected chi connectivity index (χ3v) is 5.92. The van der Waals surface area contributed by atoms with Crippen molar-refractivity contribution < 1.29 is 27.0 Å². The lowest BCUT2D eigenvalue weighted by Gasteiger charge is -2.44. The van der Waals surface area contributed by atoms with Crippen LogP contribution >= 0.6 is 0 Å². The smallest absolute Gasteiger partial charge is 0.417 e. The summed E-state index contributed by atoms with van der Waals surface area (Å²) in [5.74, 6) is -1.77. The van der Waals surface area contributed by atoms with Crippen molar-refractivity contribution in [2.75, 3.05) is 13.7 Å². The summed E-state index contributed by atoms with van der Waals surface area (Å²) in [5, 5.41) is 0.374. The summed E-state index contributed by atoms with van der Waals surface area (Å²) >= 11 is 0. The molecule has 1 aliphatic rings. The van der Waals surface area contributed by atoms with Crippen LogP contribution in [-0.2, 0) is 4.74 Å². The van der Waals surface area contributed by atoms with Gasteiger partial charge in [-0.15, -0.1) is 0 Å². The fraction of sp³-hybridized carbons (Fsp3) is 0.364. The number of methoxy groups -OCH3 is 1. The van der Waals surface area contributed by atoms with E-state index in [2.05, 4.69) is 9.97 Å². The Morgan fingerprint density at radius 3 is 2.71 bits per heavy atom. The van der Waals surface area contributed by atoms with Crippen molar-refractivity contribution in [2.24, 2.45) is 0 Å².